The first-order valence-corrected chi connectivity index (χ1v) is 14.4. The summed E-state index contributed by atoms with van der Waals surface area (Å²) in [5.41, 5.74) is 7.01. The van der Waals surface area contributed by atoms with Gasteiger partial charge in [-0.15, -0.1) is 9.24 Å². The van der Waals surface area contributed by atoms with Crippen LogP contribution >= 0.6 is 17.2 Å². The predicted molar refractivity (Wildman–Crippen MR) is 164 cm³/mol. The van der Waals surface area contributed by atoms with E-state index >= 15 is 0 Å². The summed E-state index contributed by atoms with van der Waals surface area (Å²) < 4.78 is 0. The lowest BCUT2D eigenvalue weighted by Crippen LogP contribution is -2.20. The Morgan fingerprint density at radius 1 is 0.417 bits per heavy atom. The van der Waals surface area contributed by atoms with Crippen molar-refractivity contribution < 1.29 is 0 Å². The summed E-state index contributed by atoms with van der Waals surface area (Å²) in [4.78, 5) is 0. The molecule has 0 radical (unpaired) electrons. The molecule has 36 heavy (non-hydrogen) atoms. The van der Waals surface area contributed by atoms with Crippen molar-refractivity contribution in [3.63, 3.8) is 0 Å². The van der Waals surface area contributed by atoms with Gasteiger partial charge in [-0.05, 0) is 55.7 Å². The van der Waals surface area contributed by atoms with Gasteiger partial charge in [-0.3, -0.25) is 0 Å². The summed E-state index contributed by atoms with van der Waals surface area (Å²) in [6.45, 7) is 6.43. The first-order valence-electron chi connectivity index (χ1n) is 12.4. The largest absolute Gasteiger partial charge is 0.125 e. The third kappa shape index (κ3) is 7.01. The van der Waals surface area contributed by atoms with Crippen LogP contribution in [0.15, 0.2) is 133 Å². The Morgan fingerprint density at radius 2 is 0.694 bits per heavy atom. The van der Waals surface area contributed by atoms with Crippen molar-refractivity contribution >= 4 is 33.1 Å². The minimum atomic E-state index is -0.483. The van der Waals surface area contributed by atoms with Gasteiger partial charge >= 0.3 is 0 Å². The Balaban J connectivity index is 0.000000187. The zero-order valence-electron chi connectivity index (χ0n) is 21.3. The molecule has 0 N–H and O–H groups in total. The van der Waals surface area contributed by atoms with Crippen molar-refractivity contribution in [1.82, 2.24) is 0 Å². The zero-order chi connectivity index (χ0) is 25.3. The number of hydrogen-bond donors (Lipinski definition) is 0. The van der Waals surface area contributed by atoms with Crippen molar-refractivity contribution in [3.8, 4) is 0 Å². The molecule has 2 heteroatoms. The van der Waals surface area contributed by atoms with Gasteiger partial charge < -0.3 is 0 Å². The van der Waals surface area contributed by atoms with E-state index in [1.807, 2.05) is 12.1 Å². The quantitative estimate of drug-likeness (QED) is 0.213. The molecular formula is C34H34P2. The van der Waals surface area contributed by atoms with Crippen LogP contribution in [0.1, 0.15) is 33.5 Å². The van der Waals surface area contributed by atoms with Crippen molar-refractivity contribution in [2.75, 3.05) is 0 Å². The van der Waals surface area contributed by atoms with Crippen molar-refractivity contribution in [2.45, 2.75) is 26.4 Å². The van der Waals surface area contributed by atoms with Crippen LogP contribution in [0.4, 0.5) is 0 Å². The summed E-state index contributed by atoms with van der Waals surface area (Å²) in [6, 6.07) is 48.0. The molecule has 5 aromatic rings. The first kappa shape index (κ1) is 26.0. The molecule has 0 aliphatic rings. The second kappa shape index (κ2) is 12.8. The number of hydrogen-bond acceptors (Lipinski definition) is 0. The molecular weight excluding hydrogens is 470 g/mol. The molecule has 1 atom stereocenters. The molecule has 0 fully saturated rings. The maximum absolute atomic E-state index is 2.89. The minimum absolute atomic E-state index is 0.400. The van der Waals surface area contributed by atoms with Gasteiger partial charge in [-0.2, -0.15) is 0 Å². The molecule has 0 spiro atoms. The summed E-state index contributed by atoms with van der Waals surface area (Å²) in [6.07, 6.45) is 0. The smallest absolute Gasteiger partial charge is 0.0234 e. The van der Waals surface area contributed by atoms with Gasteiger partial charge in [0, 0.05) is 5.66 Å². The SMILES string of the molecule is Cc1ccc(P(c2ccc(C)cc2)c2ccc(C)cc2)cc1.PC(c1ccccc1)c1ccccc1. The monoisotopic (exact) mass is 504 g/mol. The van der Waals surface area contributed by atoms with Crippen molar-refractivity contribution in [3.05, 3.63) is 161 Å². The Bertz CT molecular complexity index is 1180. The number of benzene rings is 5. The second-order valence-electron chi connectivity index (χ2n) is 9.14. The molecule has 0 aliphatic heterocycles. The highest BCUT2D eigenvalue weighted by Crippen LogP contribution is 2.33. The van der Waals surface area contributed by atoms with Gasteiger partial charge in [0.25, 0.3) is 0 Å². The van der Waals surface area contributed by atoms with Crippen LogP contribution in [0, 0.1) is 20.8 Å². The van der Waals surface area contributed by atoms with E-state index in [0.717, 1.165) is 0 Å². The molecule has 5 aromatic carbocycles. The normalized spacial score (nSPS) is 10.7. The fourth-order valence-corrected chi connectivity index (χ4v) is 6.72. The minimum Gasteiger partial charge on any atom is -0.125 e. The number of aryl methyl sites for hydroxylation is 3. The molecule has 180 valence electrons. The van der Waals surface area contributed by atoms with Crippen LogP contribution < -0.4 is 15.9 Å². The van der Waals surface area contributed by atoms with Crippen LogP contribution in [0.2, 0.25) is 0 Å². The molecule has 1 unspecified atom stereocenters. The van der Waals surface area contributed by atoms with E-state index in [4.69, 9.17) is 0 Å². The molecule has 0 nitrogen and oxygen atoms in total. The predicted octanol–water partition coefficient (Wildman–Crippen LogP) is 8.02. The van der Waals surface area contributed by atoms with Gasteiger partial charge in [0.1, 0.15) is 0 Å². The van der Waals surface area contributed by atoms with Crippen molar-refractivity contribution in [1.29, 1.82) is 0 Å². The lowest BCUT2D eigenvalue weighted by molar-refractivity contribution is 1.16. The second-order valence-corrected chi connectivity index (χ2v) is 12.0. The van der Waals surface area contributed by atoms with E-state index < -0.39 is 7.92 Å². The van der Waals surface area contributed by atoms with E-state index in [0.29, 0.717) is 5.66 Å². The van der Waals surface area contributed by atoms with E-state index in [9.17, 15) is 0 Å². The van der Waals surface area contributed by atoms with Crippen LogP contribution in [0.3, 0.4) is 0 Å². The highest BCUT2D eigenvalue weighted by molar-refractivity contribution is 7.79. The van der Waals surface area contributed by atoms with Gasteiger partial charge in [0.15, 0.2) is 0 Å². The lowest BCUT2D eigenvalue weighted by Gasteiger charge is -2.20. The van der Waals surface area contributed by atoms with E-state index in [1.165, 1.54) is 43.7 Å². The van der Waals surface area contributed by atoms with Crippen LogP contribution in [0.25, 0.3) is 0 Å². The topological polar surface area (TPSA) is 0 Å². The summed E-state index contributed by atoms with van der Waals surface area (Å²) >= 11 is 0. The van der Waals surface area contributed by atoms with Crippen molar-refractivity contribution in [2.24, 2.45) is 0 Å². The number of rotatable bonds is 5. The maximum Gasteiger partial charge on any atom is 0.0234 e. The van der Waals surface area contributed by atoms with E-state index in [-0.39, 0.29) is 0 Å². The molecule has 0 bridgehead atoms. The third-order valence-corrected chi connectivity index (χ3v) is 9.41. The van der Waals surface area contributed by atoms with Gasteiger partial charge in [0.2, 0.25) is 0 Å². The van der Waals surface area contributed by atoms with Gasteiger partial charge in [-0.25, -0.2) is 0 Å². The van der Waals surface area contributed by atoms with Gasteiger partial charge in [-0.1, -0.05) is 150 Å². The molecule has 5 rings (SSSR count). The molecule has 0 aliphatic carbocycles. The Kier molecular flexibility index (Phi) is 9.24. The van der Waals surface area contributed by atoms with E-state index in [1.54, 1.807) is 0 Å². The Labute approximate surface area is 220 Å². The Morgan fingerprint density at radius 3 is 0.972 bits per heavy atom. The van der Waals surface area contributed by atoms with Crippen LogP contribution in [-0.4, -0.2) is 0 Å². The highest BCUT2D eigenvalue weighted by Gasteiger charge is 2.16. The molecule has 0 saturated heterocycles. The fourth-order valence-electron chi connectivity index (χ4n) is 4.04. The molecule has 0 heterocycles. The summed E-state index contributed by atoms with van der Waals surface area (Å²) in [7, 11) is 2.40. The summed E-state index contributed by atoms with van der Waals surface area (Å²) in [5, 5.41) is 4.23. The molecule has 0 aromatic heterocycles. The van der Waals surface area contributed by atoms with Gasteiger partial charge in [0.05, 0.1) is 0 Å². The van der Waals surface area contributed by atoms with Crippen LogP contribution in [0.5, 0.6) is 0 Å². The molecule has 0 saturated carbocycles. The highest BCUT2D eigenvalue weighted by atomic mass is 31.1. The average Bonchev–Trinajstić information content (AvgIpc) is 2.93. The summed E-state index contributed by atoms with van der Waals surface area (Å²) in [5.74, 6) is 0. The van der Waals surface area contributed by atoms with E-state index in [2.05, 4.69) is 151 Å². The molecule has 0 amide bonds. The standard InChI is InChI=1S/C21H21P.C13H13P/c1-16-4-10-19(11-5-16)22(20-12-6-17(2)7-13-20)21-14-8-18(3)9-15-21;14-13(11-7-3-1-4-8-11)12-9-5-2-6-10-12/h4-15H,1-3H3;1-10,13H,14H2. The maximum atomic E-state index is 2.89. The van der Waals surface area contributed by atoms with Crippen LogP contribution in [-0.2, 0) is 0 Å². The fraction of sp³-hybridized carbons (Fsp3) is 0.118. The third-order valence-electron chi connectivity index (χ3n) is 6.19. The lowest BCUT2D eigenvalue weighted by atomic mass is 10.0. The first-order chi connectivity index (χ1) is 17.5. The average molecular weight is 505 g/mol. The Hall–Kier alpha value is -3.04. The zero-order valence-corrected chi connectivity index (χ0v) is 23.4.